The average Bonchev–Trinajstić information content (AvgIpc) is 2.52. The van der Waals surface area contributed by atoms with E-state index in [1.54, 1.807) is 26.2 Å². The molecule has 0 fully saturated rings. The molecule has 0 radical (unpaired) electrons. The molecule has 3 N–H and O–H groups in total. The molecule has 120 valence electrons. The Morgan fingerprint density at radius 1 is 1.30 bits per heavy atom. The molecule has 1 amide bonds. The molecule has 2 rings (SSSR count). The lowest BCUT2D eigenvalue weighted by Crippen LogP contribution is -2.30. The first kappa shape index (κ1) is 16.0. The monoisotopic (exact) mass is 318 g/mol. The Bertz CT molecular complexity index is 707. The van der Waals surface area contributed by atoms with Gasteiger partial charge in [0, 0.05) is 26.5 Å². The lowest BCUT2D eigenvalue weighted by molar-refractivity contribution is -0.383. The molecule has 0 saturated heterocycles. The highest BCUT2D eigenvalue weighted by Crippen LogP contribution is 2.28. The summed E-state index contributed by atoms with van der Waals surface area (Å²) in [5.74, 6) is -0.659. The van der Waals surface area contributed by atoms with E-state index >= 15 is 0 Å². The Balaban J connectivity index is 2.19. The molecule has 2 aromatic heterocycles. The van der Waals surface area contributed by atoms with Crippen molar-refractivity contribution in [1.29, 1.82) is 0 Å². The first-order chi connectivity index (χ1) is 11.0. The molecule has 0 spiro atoms. The van der Waals surface area contributed by atoms with Gasteiger partial charge in [-0.25, -0.2) is 15.0 Å². The summed E-state index contributed by atoms with van der Waals surface area (Å²) in [6, 6.07) is 3.15. The number of nitro groups is 1. The van der Waals surface area contributed by atoms with E-state index < -0.39 is 16.5 Å². The number of anilines is 2. The molecule has 0 saturated carbocycles. The van der Waals surface area contributed by atoms with E-state index in [0.717, 1.165) is 6.33 Å². The second kappa shape index (κ2) is 7.09. The number of hydrogen-bond donors (Lipinski definition) is 3. The molecule has 0 aliphatic heterocycles. The number of nitrogens with one attached hydrogen (secondary N) is 3. The Hall–Kier alpha value is -3.34. The quantitative estimate of drug-likeness (QED) is 0.511. The minimum atomic E-state index is -0.648. The summed E-state index contributed by atoms with van der Waals surface area (Å²) in [5, 5.41) is 12.7. The number of aromatic nitrogens is 3. The van der Waals surface area contributed by atoms with Gasteiger partial charge >= 0.3 is 5.69 Å². The maximum atomic E-state index is 11.9. The Labute approximate surface area is 130 Å². The zero-order chi connectivity index (χ0) is 16.8. The molecule has 0 aromatic carbocycles. The standard InChI is InChI=1S/C12H14N8O3/c1-19(2)18-11-9(20(22)23)10(14-7-15-11)16-17-12(21)8-4-3-5-13-6-8/h3-7H,1-2H3,(H,17,21)(H2,14,15,16,18). The van der Waals surface area contributed by atoms with Gasteiger partial charge in [-0.3, -0.25) is 36.2 Å². The maximum Gasteiger partial charge on any atom is 0.356 e. The summed E-state index contributed by atoms with van der Waals surface area (Å²) < 4.78 is 0. The van der Waals surface area contributed by atoms with E-state index in [9.17, 15) is 14.9 Å². The second-order valence-electron chi connectivity index (χ2n) is 4.50. The maximum absolute atomic E-state index is 11.9. The molecule has 0 aliphatic carbocycles. The van der Waals surface area contributed by atoms with Gasteiger partial charge in [0.05, 0.1) is 10.5 Å². The largest absolute Gasteiger partial charge is 0.356 e. The summed E-state index contributed by atoms with van der Waals surface area (Å²) in [7, 11) is 3.31. The van der Waals surface area contributed by atoms with Crippen LogP contribution in [0.15, 0.2) is 30.9 Å². The molecule has 0 aliphatic rings. The van der Waals surface area contributed by atoms with Crippen LogP contribution in [0.25, 0.3) is 0 Å². The number of pyridine rings is 1. The summed E-state index contributed by atoms with van der Waals surface area (Å²) in [4.78, 5) is 33.9. The van der Waals surface area contributed by atoms with Crippen LogP contribution < -0.4 is 16.3 Å². The number of hydrogen-bond acceptors (Lipinski definition) is 9. The smallest absolute Gasteiger partial charge is 0.298 e. The van der Waals surface area contributed by atoms with Crippen LogP contribution in [0.4, 0.5) is 17.3 Å². The van der Waals surface area contributed by atoms with Crippen LogP contribution in [0.1, 0.15) is 10.4 Å². The van der Waals surface area contributed by atoms with Crippen molar-refractivity contribution in [1.82, 2.24) is 25.4 Å². The van der Waals surface area contributed by atoms with Crippen molar-refractivity contribution in [2.24, 2.45) is 0 Å². The fraction of sp³-hybridized carbons (Fsp3) is 0.167. The van der Waals surface area contributed by atoms with Gasteiger partial charge in [0.15, 0.2) is 0 Å². The lowest BCUT2D eigenvalue weighted by atomic mass is 10.3. The van der Waals surface area contributed by atoms with E-state index in [4.69, 9.17) is 0 Å². The number of carbonyl (C=O) groups is 1. The number of rotatable bonds is 6. The van der Waals surface area contributed by atoms with Crippen LogP contribution in [0.3, 0.4) is 0 Å². The predicted octanol–water partition coefficient (Wildman–Crippen LogP) is 0.425. The molecule has 0 atom stereocenters. The molecule has 0 bridgehead atoms. The van der Waals surface area contributed by atoms with E-state index in [0.29, 0.717) is 5.56 Å². The van der Waals surface area contributed by atoms with E-state index in [2.05, 4.69) is 31.2 Å². The Morgan fingerprint density at radius 3 is 2.65 bits per heavy atom. The van der Waals surface area contributed by atoms with Crippen molar-refractivity contribution in [2.45, 2.75) is 0 Å². The first-order valence-corrected chi connectivity index (χ1v) is 6.38. The summed E-state index contributed by atoms with van der Waals surface area (Å²) in [6.07, 6.45) is 4.03. The van der Waals surface area contributed by atoms with Gasteiger partial charge in [-0.2, -0.15) is 0 Å². The van der Waals surface area contributed by atoms with Crippen molar-refractivity contribution in [3.8, 4) is 0 Å². The summed E-state index contributed by atoms with van der Waals surface area (Å²) in [5.41, 5.74) is 7.35. The fourth-order valence-electron chi connectivity index (χ4n) is 1.62. The van der Waals surface area contributed by atoms with Gasteiger partial charge in [0.25, 0.3) is 5.91 Å². The molecule has 2 aromatic rings. The predicted molar refractivity (Wildman–Crippen MR) is 81.3 cm³/mol. The lowest BCUT2D eigenvalue weighted by Gasteiger charge is -2.14. The second-order valence-corrected chi connectivity index (χ2v) is 4.50. The van der Waals surface area contributed by atoms with Crippen molar-refractivity contribution in [3.63, 3.8) is 0 Å². The highest BCUT2D eigenvalue weighted by Gasteiger charge is 2.23. The highest BCUT2D eigenvalue weighted by molar-refractivity contribution is 5.94. The Morgan fingerprint density at radius 2 is 2.04 bits per heavy atom. The van der Waals surface area contributed by atoms with Gasteiger partial charge in [-0.15, -0.1) is 0 Å². The topological polar surface area (TPSA) is 138 Å². The summed E-state index contributed by atoms with van der Waals surface area (Å²) >= 11 is 0. The molecule has 11 nitrogen and oxygen atoms in total. The van der Waals surface area contributed by atoms with Crippen LogP contribution in [-0.2, 0) is 0 Å². The molecule has 23 heavy (non-hydrogen) atoms. The van der Waals surface area contributed by atoms with E-state index in [-0.39, 0.29) is 11.6 Å². The normalized spacial score (nSPS) is 10.2. The van der Waals surface area contributed by atoms with Crippen molar-refractivity contribution in [2.75, 3.05) is 24.9 Å². The highest BCUT2D eigenvalue weighted by atomic mass is 16.6. The minimum absolute atomic E-state index is 0.00636. The van der Waals surface area contributed by atoms with Crippen LogP contribution >= 0.6 is 0 Å². The minimum Gasteiger partial charge on any atom is -0.298 e. The van der Waals surface area contributed by atoms with Gasteiger partial charge in [-0.05, 0) is 12.1 Å². The van der Waals surface area contributed by atoms with Gasteiger partial charge < -0.3 is 0 Å². The third-order valence-corrected chi connectivity index (χ3v) is 2.55. The van der Waals surface area contributed by atoms with Gasteiger partial charge in [0.1, 0.15) is 6.33 Å². The third-order valence-electron chi connectivity index (χ3n) is 2.55. The summed E-state index contributed by atoms with van der Waals surface area (Å²) in [6.45, 7) is 0. The zero-order valence-electron chi connectivity index (χ0n) is 12.3. The van der Waals surface area contributed by atoms with Crippen LogP contribution in [0.2, 0.25) is 0 Å². The number of amides is 1. The Kier molecular flexibility index (Phi) is 4.94. The molecule has 11 heteroatoms. The molecular weight excluding hydrogens is 304 g/mol. The fourth-order valence-corrected chi connectivity index (χ4v) is 1.62. The number of carbonyl (C=O) groups excluding carboxylic acids is 1. The van der Waals surface area contributed by atoms with Crippen LogP contribution in [0.5, 0.6) is 0 Å². The SMILES string of the molecule is CN(C)Nc1ncnc(NNC(=O)c2cccnc2)c1[N+](=O)[O-]. The van der Waals surface area contributed by atoms with Crippen molar-refractivity contribution < 1.29 is 9.72 Å². The molecule has 0 unspecified atom stereocenters. The van der Waals surface area contributed by atoms with E-state index in [1.165, 1.54) is 17.4 Å². The van der Waals surface area contributed by atoms with Gasteiger partial charge in [0.2, 0.25) is 11.6 Å². The third kappa shape index (κ3) is 4.07. The van der Waals surface area contributed by atoms with E-state index in [1.807, 2.05) is 0 Å². The van der Waals surface area contributed by atoms with Gasteiger partial charge in [-0.1, -0.05) is 0 Å². The van der Waals surface area contributed by atoms with Crippen LogP contribution in [0, 0.1) is 10.1 Å². The molecule has 2 heterocycles. The van der Waals surface area contributed by atoms with Crippen molar-refractivity contribution in [3.05, 3.63) is 46.5 Å². The molecular formula is C12H14N8O3. The first-order valence-electron chi connectivity index (χ1n) is 6.38. The van der Waals surface area contributed by atoms with Crippen molar-refractivity contribution >= 4 is 23.2 Å². The average molecular weight is 318 g/mol. The number of nitrogens with zero attached hydrogens (tertiary/aromatic N) is 5. The van der Waals surface area contributed by atoms with Crippen LogP contribution in [-0.4, -0.2) is 44.9 Å². The zero-order valence-corrected chi connectivity index (χ0v) is 12.3. The number of hydrazine groups is 2.